The first kappa shape index (κ1) is 9.49. The number of fused-ring (bicyclic) bond motifs is 1. The molecule has 3 heterocycles. The molecule has 7 nitrogen and oxygen atoms in total. The monoisotopic (exact) mass is 220 g/mol. The van der Waals surface area contributed by atoms with Gasteiger partial charge in [0.15, 0.2) is 11.5 Å². The molecule has 16 heavy (non-hydrogen) atoms. The van der Waals surface area contributed by atoms with E-state index in [0.717, 1.165) is 6.42 Å². The lowest BCUT2D eigenvalue weighted by molar-refractivity contribution is 0.176. The zero-order chi connectivity index (χ0) is 11.2. The number of imidazole rings is 1. The maximum Gasteiger partial charge on any atom is 0.183 e. The van der Waals surface area contributed by atoms with E-state index in [-0.39, 0.29) is 0 Å². The number of ether oxygens (including phenoxy) is 1. The first-order valence-corrected chi connectivity index (χ1v) is 5.02. The highest BCUT2D eigenvalue weighted by Crippen LogP contribution is 2.27. The Morgan fingerprint density at radius 2 is 2.31 bits per heavy atom. The highest BCUT2D eigenvalue weighted by Gasteiger charge is 2.35. The van der Waals surface area contributed by atoms with E-state index < -0.39 is 5.54 Å². The van der Waals surface area contributed by atoms with Crippen LogP contribution in [0, 0.1) is 0 Å². The van der Waals surface area contributed by atoms with Gasteiger partial charge in [0.2, 0.25) is 0 Å². The van der Waals surface area contributed by atoms with Crippen LogP contribution in [0.25, 0.3) is 11.2 Å². The molecule has 3 rings (SSSR count). The van der Waals surface area contributed by atoms with E-state index in [4.69, 9.17) is 16.2 Å². The zero-order valence-electron chi connectivity index (χ0n) is 8.60. The summed E-state index contributed by atoms with van der Waals surface area (Å²) in [6.07, 6.45) is 2.12. The molecule has 1 fully saturated rings. The third-order valence-corrected chi connectivity index (χ3v) is 2.84. The number of hydrogen-bond acceptors (Lipinski definition) is 6. The molecule has 0 aromatic carbocycles. The summed E-state index contributed by atoms with van der Waals surface area (Å²) < 4.78 is 5.29. The molecule has 1 unspecified atom stereocenters. The Kier molecular flexibility index (Phi) is 1.86. The molecular formula is C9H12N6O. The van der Waals surface area contributed by atoms with Crippen LogP contribution in [0.15, 0.2) is 6.33 Å². The molecule has 1 saturated heterocycles. The van der Waals surface area contributed by atoms with Crippen molar-refractivity contribution in [3.8, 4) is 0 Å². The number of nitrogen functional groups attached to an aromatic ring is 1. The summed E-state index contributed by atoms with van der Waals surface area (Å²) in [4.78, 5) is 15.3. The normalized spacial score (nSPS) is 25.3. The summed E-state index contributed by atoms with van der Waals surface area (Å²) in [5, 5.41) is 0. The molecule has 2 aromatic heterocycles. The first-order valence-electron chi connectivity index (χ1n) is 5.02. The average Bonchev–Trinajstić information content (AvgIpc) is 2.85. The van der Waals surface area contributed by atoms with Crippen molar-refractivity contribution in [1.29, 1.82) is 0 Å². The molecule has 5 N–H and O–H groups in total. The molecule has 7 heteroatoms. The van der Waals surface area contributed by atoms with Crippen LogP contribution in [0.3, 0.4) is 0 Å². The third kappa shape index (κ3) is 1.25. The topological polar surface area (TPSA) is 116 Å². The second-order valence-electron chi connectivity index (χ2n) is 4.00. The maximum absolute atomic E-state index is 6.19. The Bertz CT molecular complexity index is 530. The minimum atomic E-state index is -0.562. The number of nitrogens with zero attached hydrogens (tertiary/aromatic N) is 3. The van der Waals surface area contributed by atoms with Crippen molar-refractivity contribution < 1.29 is 4.74 Å². The SMILES string of the molecule is Nc1ncnc2nc(C3(N)CCOC3)[nH]c12. The van der Waals surface area contributed by atoms with Crippen molar-refractivity contribution in [2.24, 2.45) is 5.73 Å². The van der Waals surface area contributed by atoms with Gasteiger partial charge >= 0.3 is 0 Å². The first-order chi connectivity index (χ1) is 7.69. The van der Waals surface area contributed by atoms with Gasteiger partial charge in [-0.05, 0) is 6.42 Å². The minimum absolute atomic E-state index is 0.381. The quantitative estimate of drug-likeness (QED) is 0.597. The van der Waals surface area contributed by atoms with Crippen LogP contribution in [-0.2, 0) is 10.3 Å². The van der Waals surface area contributed by atoms with Gasteiger partial charge in [-0.25, -0.2) is 15.0 Å². The molecule has 1 atom stereocenters. The van der Waals surface area contributed by atoms with E-state index in [9.17, 15) is 0 Å². The van der Waals surface area contributed by atoms with Gasteiger partial charge in [0.1, 0.15) is 23.2 Å². The van der Waals surface area contributed by atoms with E-state index >= 15 is 0 Å². The highest BCUT2D eigenvalue weighted by atomic mass is 16.5. The Labute approximate surface area is 91.2 Å². The Balaban J connectivity index is 2.15. The predicted molar refractivity (Wildman–Crippen MR) is 57.4 cm³/mol. The molecule has 0 bridgehead atoms. The molecule has 1 aliphatic heterocycles. The van der Waals surface area contributed by atoms with Crippen molar-refractivity contribution in [2.75, 3.05) is 18.9 Å². The number of nitrogens with two attached hydrogens (primary N) is 2. The lowest BCUT2D eigenvalue weighted by Crippen LogP contribution is -2.38. The lowest BCUT2D eigenvalue weighted by Gasteiger charge is -2.17. The molecule has 0 saturated carbocycles. The van der Waals surface area contributed by atoms with Gasteiger partial charge in [0.05, 0.1) is 6.61 Å². The van der Waals surface area contributed by atoms with Crippen molar-refractivity contribution in [2.45, 2.75) is 12.0 Å². The standard InChI is InChI=1S/C9H12N6O/c10-6-5-7(13-4-12-6)15-8(14-5)9(11)1-2-16-3-9/h4H,1-3,11H2,(H3,10,12,13,14,15). The second-order valence-corrected chi connectivity index (χ2v) is 4.00. The summed E-state index contributed by atoms with van der Waals surface area (Å²) in [6.45, 7) is 1.11. The Morgan fingerprint density at radius 3 is 3.00 bits per heavy atom. The molecular weight excluding hydrogens is 208 g/mol. The molecule has 84 valence electrons. The van der Waals surface area contributed by atoms with Gasteiger partial charge < -0.3 is 21.2 Å². The summed E-state index contributed by atoms with van der Waals surface area (Å²) in [5.74, 6) is 1.04. The van der Waals surface area contributed by atoms with E-state index in [0.29, 0.717) is 36.0 Å². The van der Waals surface area contributed by atoms with E-state index in [1.807, 2.05) is 0 Å². The fraction of sp³-hybridized carbons (Fsp3) is 0.444. The van der Waals surface area contributed by atoms with E-state index in [1.165, 1.54) is 6.33 Å². The van der Waals surface area contributed by atoms with Gasteiger partial charge in [0, 0.05) is 6.61 Å². The lowest BCUT2D eigenvalue weighted by atomic mass is 10.00. The maximum atomic E-state index is 6.19. The average molecular weight is 220 g/mol. The largest absolute Gasteiger partial charge is 0.382 e. The smallest absolute Gasteiger partial charge is 0.183 e. The zero-order valence-corrected chi connectivity index (χ0v) is 8.60. The van der Waals surface area contributed by atoms with Crippen LogP contribution < -0.4 is 11.5 Å². The fourth-order valence-corrected chi connectivity index (χ4v) is 1.85. The number of nitrogens with one attached hydrogen (secondary N) is 1. The van der Waals surface area contributed by atoms with Crippen molar-refractivity contribution in [3.63, 3.8) is 0 Å². The number of rotatable bonds is 1. The van der Waals surface area contributed by atoms with Crippen LogP contribution in [0.4, 0.5) is 5.82 Å². The molecule has 2 aromatic rings. The Hall–Kier alpha value is -1.73. The van der Waals surface area contributed by atoms with Crippen LogP contribution >= 0.6 is 0 Å². The number of aromatic amines is 1. The van der Waals surface area contributed by atoms with E-state index in [1.54, 1.807) is 0 Å². The van der Waals surface area contributed by atoms with Gasteiger partial charge in [-0.1, -0.05) is 0 Å². The van der Waals surface area contributed by atoms with Crippen molar-refractivity contribution in [3.05, 3.63) is 12.2 Å². The van der Waals surface area contributed by atoms with Crippen LogP contribution in [-0.4, -0.2) is 33.1 Å². The van der Waals surface area contributed by atoms with Crippen molar-refractivity contribution >= 4 is 17.0 Å². The predicted octanol–water partition coefficient (Wildman–Crippen LogP) is -0.491. The number of anilines is 1. The highest BCUT2D eigenvalue weighted by molar-refractivity contribution is 5.81. The summed E-state index contributed by atoms with van der Waals surface area (Å²) in [6, 6.07) is 0. The van der Waals surface area contributed by atoms with E-state index in [2.05, 4.69) is 19.9 Å². The number of hydrogen-bond donors (Lipinski definition) is 3. The molecule has 0 aliphatic carbocycles. The van der Waals surface area contributed by atoms with Gasteiger partial charge in [-0.2, -0.15) is 0 Å². The Morgan fingerprint density at radius 1 is 1.44 bits per heavy atom. The molecule has 0 amide bonds. The second kappa shape index (κ2) is 3.13. The van der Waals surface area contributed by atoms with Gasteiger partial charge in [0.25, 0.3) is 0 Å². The van der Waals surface area contributed by atoms with Gasteiger partial charge in [-0.15, -0.1) is 0 Å². The number of H-pyrrole nitrogens is 1. The molecule has 0 radical (unpaired) electrons. The minimum Gasteiger partial charge on any atom is -0.382 e. The molecule has 1 aliphatic rings. The summed E-state index contributed by atoms with van der Waals surface area (Å²) in [7, 11) is 0. The molecule has 0 spiro atoms. The fourth-order valence-electron chi connectivity index (χ4n) is 1.85. The van der Waals surface area contributed by atoms with Crippen LogP contribution in [0.2, 0.25) is 0 Å². The number of aromatic nitrogens is 4. The van der Waals surface area contributed by atoms with Crippen LogP contribution in [0.5, 0.6) is 0 Å². The summed E-state index contributed by atoms with van der Waals surface area (Å²) in [5.41, 5.74) is 12.5. The van der Waals surface area contributed by atoms with Crippen LogP contribution in [0.1, 0.15) is 12.2 Å². The summed E-state index contributed by atoms with van der Waals surface area (Å²) >= 11 is 0. The third-order valence-electron chi connectivity index (χ3n) is 2.84. The van der Waals surface area contributed by atoms with Gasteiger partial charge in [-0.3, -0.25) is 0 Å². The van der Waals surface area contributed by atoms with Crippen molar-refractivity contribution in [1.82, 2.24) is 19.9 Å².